The average Bonchev–Trinajstić information content (AvgIpc) is 3.23. The Morgan fingerprint density at radius 2 is 2.23 bits per heavy atom. The van der Waals surface area contributed by atoms with Crippen molar-refractivity contribution in [1.82, 2.24) is 24.8 Å². The fraction of sp³-hybridized carbons (Fsp3) is 0.643. The van der Waals surface area contributed by atoms with Crippen molar-refractivity contribution >= 4 is 38.0 Å². The Morgan fingerprint density at radius 3 is 2.85 bits per heavy atom. The van der Waals surface area contributed by atoms with E-state index >= 15 is 0 Å². The number of ether oxygens (including phenoxy) is 1. The minimum atomic E-state index is -2.79. The second kappa shape index (κ2) is 7.15. The summed E-state index contributed by atoms with van der Waals surface area (Å²) in [5.74, 6) is 0. The van der Waals surface area contributed by atoms with E-state index in [0.717, 1.165) is 24.2 Å². The van der Waals surface area contributed by atoms with Crippen LogP contribution in [0.5, 0.6) is 0 Å². The number of rotatable bonds is 7. The molecule has 2 aromatic heterocycles. The number of imidazole rings is 1. The lowest BCUT2D eigenvalue weighted by molar-refractivity contribution is 0.131. The van der Waals surface area contributed by atoms with E-state index in [-0.39, 0.29) is 34.3 Å². The topological polar surface area (TPSA) is 71.8 Å². The molecular weight excluding hydrogens is 362 g/mol. The van der Waals surface area contributed by atoms with Gasteiger partial charge in [-0.05, 0) is 6.42 Å². The minimum Gasteiger partial charge on any atom is -0.391 e. The third-order valence-electron chi connectivity index (χ3n) is 4.24. The van der Waals surface area contributed by atoms with E-state index in [4.69, 9.17) is 20.4 Å². The number of urea groups is 1. The molecule has 12 heteroatoms. The summed E-state index contributed by atoms with van der Waals surface area (Å²) < 4.78 is 33.1. The molecule has 7 nitrogen and oxygen atoms in total. The molecule has 2 aromatic rings. The van der Waals surface area contributed by atoms with Crippen LogP contribution in [0.3, 0.4) is 0 Å². The average molecular weight is 379 g/mol. The molecule has 0 spiro atoms. The predicted octanol–water partition coefficient (Wildman–Crippen LogP) is 1.52. The summed E-state index contributed by atoms with van der Waals surface area (Å²) in [6.07, 6.45) is -1.05. The number of hydrogen-bond donors (Lipinski definition) is 1. The highest BCUT2D eigenvalue weighted by Crippen LogP contribution is 2.30. The van der Waals surface area contributed by atoms with Crippen LogP contribution in [-0.2, 0) is 16.7 Å². The van der Waals surface area contributed by atoms with E-state index < -0.39 is 17.5 Å². The Hall–Kier alpha value is -1.68. The van der Waals surface area contributed by atoms with Gasteiger partial charge in [-0.25, -0.2) is 23.1 Å². The third-order valence-corrected chi connectivity index (χ3v) is 5.28. The van der Waals surface area contributed by atoms with Crippen molar-refractivity contribution in [3.63, 3.8) is 0 Å². The van der Waals surface area contributed by atoms with Gasteiger partial charge in [0.05, 0.1) is 12.2 Å². The van der Waals surface area contributed by atoms with Crippen molar-refractivity contribution in [1.29, 1.82) is 0 Å². The first-order valence-corrected chi connectivity index (χ1v) is 8.93. The number of halogens is 2. The van der Waals surface area contributed by atoms with Crippen LogP contribution in [0.4, 0.5) is 13.6 Å². The highest BCUT2D eigenvalue weighted by atomic mass is 32.1. The molecule has 1 aliphatic rings. The molecule has 0 aliphatic carbocycles. The number of nitrogens with one attached hydrogen (secondary N) is 1. The Balaban J connectivity index is 1.95. The molecule has 0 unspecified atom stereocenters. The van der Waals surface area contributed by atoms with E-state index in [1.807, 2.05) is 6.92 Å². The first-order valence-electron chi connectivity index (χ1n) is 8.12. The number of hydrogen-bond acceptors (Lipinski definition) is 5. The van der Waals surface area contributed by atoms with Crippen LogP contribution < -0.4 is 5.32 Å². The molecule has 1 fully saturated rings. The number of carbonyl (C=O) groups excluding carboxylic acids is 1. The summed E-state index contributed by atoms with van der Waals surface area (Å²) in [6, 6.07) is -0.288. The fourth-order valence-corrected chi connectivity index (χ4v) is 3.78. The summed E-state index contributed by atoms with van der Waals surface area (Å²) in [5.41, 5.74) is -0.268. The van der Waals surface area contributed by atoms with Gasteiger partial charge in [0, 0.05) is 25.1 Å². The van der Waals surface area contributed by atoms with Crippen LogP contribution in [0, 0.1) is 0 Å². The summed E-state index contributed by atoms with van der Waals surface area (Å²) >= 11 is 0.962. The van der Waals surface area contributed by atoms with Crippen LogP contribution in [0.2, 0.25) is 0 Å². The zero-order chi connectivity index (χ0) is 19.1. The second-order valence-electron chi connectivity index (χ2n) is 6.16. The van der Waals surface area contributed by atoms with Gasteiger partial charge in [-0.3, -0.25) is 0 Å². The van der Waals surface area contributed by atoms with Gasteiger partial charge in [0.25, 0.3) is 6.43 Å². The van der Waals surface area contributed by atoms with E-state index in [9.17, 15) is 13.6 Å². The molecule has 1 atom stereocenters. The Labute approximate surface area is 155 Å². The van der Waals surface area contributed by atoms with Gasteiger partial charge in [-0.15, -0.1) is 0 Å². The van der Waals surface area contributed by atoms with Gasteiger partial charge in [0.15, 0.2) is 0 Å². The molecule has 3 heterocycles. The van der Waals surface area contributed by atoms with Gasteiger partial charge in [0.1, 0.15) is 26.4 Å². The van der Waals surface area contributed by atoms with E-state index in [2.05, 4.69) is 15.4 Å². The van der Waals surface area contributed by atoms with E-state index in [1.165, 1.54) is 16.5 Å². The largest absolute Gasteiger partial charge is 0.391 e. The first-order chi connectivity index (χ1) is 12.3. The molecule has 4 radical (unpaired) electrons. The van der Waals surface area contributed by atoms with Crippen molar-refractivity contribution in [2.75, 3.05) is 13.7 Å². The van der Waals surface area contributed by atoms with Gasteiger partial charge in [0.2, 0.25) is 4.96 Å². The molecule has 0 aromatic carbocycles. The van der Waals surface area contributed by atoms with Crippen LogP contribution >= 0.6 is 11.3 Å². The molecule has 1 aliphatic heterocycles. The van der Waals surface area contributed by atoms with Gasteiger partial charge >= 0.3 is 6.03 Å². The van der Waals surface area contributed by atoms with Crippen LogP contribution in [0.15, 0.2) is 0 Å². The zero-order valence-corrected chi connectivity index (χ0v) is 15.2. The maximum absolute atomic E-state index is 13.4. The minimum absolute atomic E-state index is 0.00568. The normalized spacial score (nSPS) is 18.3. The lowest BCUT2D eigenvalue weighted by Crippen LogP contribution is -2.30. The number of fused-ring (bicyclic) bond motifs is 1. The maximum Gasteiger partial charge on any atom is 0.318 e. The lowest BCUT2D eigenvalue weighted by atomic mass is 9.66. The highest BCUT2D eigenvalue weighted by molar-refractivity contribution is 7.17. The number of alkyl halides is 2. The predicted molar refractivity (Wildman–Crippen MR) is 93.7 cm³/mol. The molecule has 0 bridgehead atoms. The molecule has 1 saturated heterocycles. The molecule has 136 valence electrons. The first kappa shape index (κ1) is 19.1. The highest BCUT2D eigenvalue weighted by Gasteiger charge is 2.33. The van der Waals surface area contributed by atoms with E-state index in [1.54, 1.807) is 0 Å². The third kappa shape index (κ3) is 3.44. The van der Waals surface area contributed by atoms with Gasteiger partial charge < -0.3 is 15.0 Å². The molecule has 0 saturated carbocycles. The molecule has 1 N–H and O–H groups in total. The summed E-state index contributed by atoms with van der Waals surface area (Å²) in [6.45, 7) is 2.42. The van der Waals surface area contributed by atoms with Crippen molar-refractivity contribution < 1.29 is 18.3 Å². The summed E-state index contributed by atoms with van der Waals surface area (Å²) in [5, 5.41) is 5.58. The molecule has 26 heavy (non-hydrogen) atoms. The smallest absolute Gasteiger partial charge is 0.318 e. The lowest BCUT2D eigenvalue weighted by Gasteiger charge is -2.20. The van der Waals surface area contributed by atoms with E-state index in [0.29, 0.717) is 6.54 Å². The number of methoxy groups -OCH3 is 1. The molecular formula is C14H17B2F2N5O2S. The Kier molecular flexibility index (Phi) is 5.25. The standard InChI is InChI=1S/C14H17B2F2N5O2S/c1-3-4-7-5-22(12(24)19-7)6-8-9(10(17)18)20-13-23(8)21-11(26-13)14(15,16)25-2/h7,10H,3-6H2,1-2H3,(H,19,24)/t7-/m0/s1. The molecule has 3 rings (SSSR count). The quantitative estimate of drug-likeness (QED) is 0.741. The summed E-state index contributed by atoms with van der Waals surface area (Å²) in [4.78, 5) is 17.8. The number of aromatic nitrogens is 3. The van der Waals surface area contributed by atoms with Crippen molar-refractivity contribution in [2.45, 2.75) is 44.2 Å². The van der Waals surface area contributed by atoms with Gasteiger partial charge in [-0.1, -0.05) is 24.7 Å². The van der Waals surface area contributed by atoms with Crippen molar-refractivity contribution in [3.05, 3.63) is 16.4 Å². The van der Waals surface area contributed by atoms with Crippen LogP contribution in [0.1, 0.15) is 42.6 Å². The summed E-state index contributed by atoms with van der Waals surface area (Å²) in [7, 11) is 12.9. The van der Waals surface area contributed by atoms with Gasteiger partial charge in [-0.2, -0.15) is 5.10 Å². The number of amides is 2. The number of carbonyl (C=O) groups is 1. The SMILES string of the molecule is [B]C([B])(OC)c1nn2c(CN3C[C@H](CCC)NC3=O)c(C(F)F)nc2s1. The Morgan fingerprint density at radius 1 is 1.50 bits per heavy atom. The number of nitrogens with zero attached hydrogens (tertiary/aromatic N) is 4. The fourth-order valence-electron chi connectivity index (χ4n) is 2.86. The maximum atomic E-state index is 13.4. The van der Waals surface area contributed by atoms with Crippen molar-refractivity contribution in [2.24, 2.45) is 0 Å². The van der Waals surface area contributed by atoms with Crippen molar-refractivity contribution in [3.8, 4) is 0 Å². The second-order valence-corrected chi connectivity index (χ2v) is 7.11. The van der Waals surface area contributed by atoms with Crippen LogP contribution in [0.25, 0.3) is 4.96 Å². The molecule has 2 amide bonds. The monoisotopic (exact) mass is 379 g/mol. The zero-order valence-electron chi connectivity index (χ0n) is 14.4. The van der Waals surface area contributed by atoms with Crippen LogP contribution in [-0.4, -0.2) is 60.9 Å². The Bertz CT molecular complexity index is 813.